The zero-order valence-electron chi connectivity index (χ0n) is 13.7. The molecule has 2 aromatic rings. The number of hydrogen-bond donors (Lipinski definition) is 2. The van der Waals surface area contributed by atoms with Crippen molar-refractivity contribution >= 4 is 35.8 Å². The number of hydrogen-bond acceptors (Lipinski definition) is 3. The van der Waals surface area contributed by atoms with Crippen molar-refractivity contribution < 1.29 is 4.79 Å². The molecule has 0 aromatic heterocycles. The molecular weight excluding hydrogens is 340 g/mol. The number of nitrogens with one attached hydrogen (secondary N) is 2. The minimum Gasteiger partial charge on any atom is -0.322 e. The monoisotopic (exact) mass is 362 g/mol. The Morgan fingerprint density at radius 1 is 1.17 bits per heavy atom. The van der Waals surface area contributed by atoms with Crippen LogP contribution in [0.25, 0.3) is 0 Å². The summed E-state index contributed by atoms with van der Waals surface area (Å²) in [4.78, 5) is 13.7. The smallest absolute Gasteiger partial charge is 0.255 e. The number of thioether (sulfide) groups is 1. The number of rotatable bonds is 4. The molecule has 1 fully saturated rings. The first kappa shape index (κ1) is 18.8. The van der Waals surface area contributed by atoms with Crippen molar-refractivity contribution in [3.63, 3.8) is 0 Å². The third kappa shape index (κ3) is 4.53. The number of halogens is 1. The summed E-state index contributed by atoms with van der Waals surface area (Å²) in [5.41, 5.74) is 2.85. The summed E-state index contributed by atoms with van der Waals surface area (Å²) >= 11 is 1.68. The molecule has 1 amide bonds. The first-order valence-corrected chi connectivity index (χ1v) is 9.25. The molecule has 5 heteroatoms. The van der Waals surface area contributed by atoms with Crippen LogP contribution >= 0.6 is 24.2 Å². The molecule has 24 heavy (non-hydrogen) atoms. The quantitative estimate of drug-likeness (QED) is 0.784. The summed E-state index contributed by atoms with van der Waals surface area (Å²) in [6.45, 7) is 2.07. The highest BCUT2D eigenvalue weighted by molar-refractivity contribution is 7.98. The van der Waals surface area contributed by atoms with Gasteiger partial charge in [0.2, 0.25) is 0 Å². The van der Waals surface area contributed by atoms with Crippen LogP contribution in [0.3, 0.4) is 0 Å². The molecule has 1 aliphatic rings. The largest absolute Gasteiger partial charge is 0.322 e. The van der Waals surface area contributed by atoms with E-state index in [1.807, 2.05) is 48.7 Å². The van der Waals surface area contributed by atoms with E-state index in [0.717, 1.165) is 23.7 Å². The van der Waals surface area contributed by atoms with Crippen molar-refractivity contribution in [3.05, 3.63) is 59.7 Å². The highest BCUT2D eigenvalue weighted by atomic mass is 35.5. The van der Waals surface area contributed by atoms with E-state index in [-0.39, 0.29) is 18.3 Å². The highest BCUT2D eigenvalue weighted by Crippen LogP contribution is 2.29. The highest BCUT2D eigenvalue weighted by Gasteiger charge is 2.19. The maximum atomic E-state index is 12.5. The minimum atomic E-state index is -0.0473. The van der Waals surface area contributed by atoms with E-state index >= 15 is 0 Å². The Kier molecular flexibility index (Phi) is 7.16. The van der Waals surface area contributed by atoms with Crippen LogP contribution in [0.2, 0.25) is 0 Å². The average Bonchev–Trinajstić information content (AvgIpc) is 2.63. The van der Waals surface area contributed by atoms with Gasteiger partial charge in [-0.05, 0) is 67.5 Å². The van der Waals surface area contributed by atoms with Gasteiger partial charge >= 0.3 is 0 Å². The molecule has 1 aliphatic heterocycles. The SMILES string of the molecule is CSc1ccc(C(=O)Nc2ccccc2[C@@H]2CCCNC2)cc1.Cl. The van der Waals surface area contributed by atoms with Gasteiger partial charge in [-0.3, -0.25) is 4.79 Å². The number of amides is 1. The lowest BCUT2D eigenvalue weighted by Gasteiger charge is -2.25. The Morgan fingerprint density at radius 3 is 2.58 bits per heavy atom. The van der Waals surface area contributed by atoms with Gasteiger partial charge in [-0.25, -0.2) is 0 Å². The van der Waals surface area contributed by atoms with Gasteiger partial charge in [0.25, 0.3) is 5.91 Å². The molecule has 0 radical (unpaired) electrons. The molecule has 1 atom stereocenters. The fourth-order valence-corrected chi connectivity index (χ4v) is 3.43. The summed E-state index contributed by atoms with van der Waals surface area (Å²) in [7, 11) is 0. The van der Waals surface area contributed by atoms with Gasteiger partial charge in [-0.1, -0.05) is 18.2 Å². The molecule has 2 N–H and O–H groups in total. The second-order valence-electron chi connectivity index (χ2n) is 5.81. The molecule has 0 spiro atoms. The summed E-state index contributed by atoms with van der Waals surface area (Å²) in [5, 5.41) is 6.53. The molecule has 128 valence electrons. The van der Waals surface area contributed by atoms with Crippen LogP contribution < -0.4 is 10.6 Å². The van der Waals surface area contributed by atoms with Crippen molar-refractivity contribution in [2.45, 2.75) is 23.7 Å². The van der Waals surface area contributed by atoms with Crippen molar-refractivity contribution in [2.24, 2.45) is 0 Å². The minimum absolute atomic E-state index is 0. The molecule has 0 aliphatic carbocycles. The molecule has 2 aromatic carbocycles. The lowest BCUT2D eigenvalue weighted by atomic mass is 9.90. The average molecular weight is 363 g/mol. The van der Waals surface area contributed by atoms with Crippen molar-refractivity contribution in [1.82, 2.24) is 5.32 Å². The second-order valence-corrected chi connectivity index (χ2v) is 6.69. The van der Waals surface area contributed by atoms with Crippen LogP contribution in [0, 0.1) is 0 Å². The standard InChI is InChI=1S/C19H22N2OS.ClH/c1-23-16-10-8-14(9-11-16)19(22)21-18-7-3-2-6-17(18)15-5-4-12-20-13-15;/h2-3,6-11,15,20H,4-5,12-13H2,1H3,(H,21,22);1H/t15-;/m1./s1. The molecule has 3 nitrogen and oxygen atoms in total. The van der Waals surface area contributed by atoms with E-state index in [2.05, 4.69) is 16.7 Å². The number of carbonyl (C=O) groups is 1. The summed E-state index contributed by atoms with van der Waals surface area (Å²) in [6, 6.07) is 15.9. The topological polar surface area (TPSA) is 41.1 Å². The molecule has 0 unspecified atom stereocenters. The Hall–Kier alpha value is -1.49. The summed E-state index contributed by atoms with van der Waals surface area (Å²) in [6.07, 6.45) is 4.38. The first-order valence-electron chi connectivity index (χ1n) is 8.03. The van der Waals surface area contributed by atoms with Gasteiger partial charge in [0.1, 0.15) is 0 Å². The van der Waals surface area contributed by atoms with Crippen LogP contribution in [0.5, 0.6) is 0 Å². The third-order valence-corrected chi connectivity index (χ3v) is 5.04. The predicted molar refractivity (Wildman–Crippen MR) is 105 cm³/mol. The Bertz CT molecular complexity index is 669. The van der Waals surface area contributed by atoms with Gasteiger partial charge in [-0.2, -0.15) is 0 Å². The number of carbonyl (C=O) groups excluding carboxylic acids is 1. The van der Waals surface area contributed by atoms with Crippen molar-refractivity contribution in [1.29, 1.82) is 0 Å². The molecule has 0 bridgehead atoms. The number of anilines is 1. The Morgan fingerprint density at radius 2 is 1.92 bits per heavy atom. The maximum absolute atomic E-state index is 12.5. The molecular formula is C19H23ClN2OS. The lowest BCUT2D eigenvalue weighted by molar-refractivity contribution is 0.102. The molecule has 1 saturated heterocycles. The molecule has 3 rings (SSSR count). The van der Waals surface area contributed by atoms with Crippen LogP contribution in [-0.4, -0.2) is 25.3 Å². The second kappa shape index (κ2) is 9.11. The predicted octanol–water partition coefficient (Wildman–Crippen LogP) is 4.55. The van der Waals surface area contributed by atoms with Gasteiger partial charge < -0.3 is 10.6 Å². The zero-order valence-corrected chi connectivity index (χ0v) is 15.4. The van der Waals surface area contributed by atoms with Gasteiger partial charge in [0.05, 0.1) is 0 Å². The Labute approximate surface area is 154 Å². The maximum Gasteiger partial charge on any atom is 0.255 e. The van der Waals surface area contributed by atoms with Crippen LogP contribution in [0.1, 0.15) is 34.7 Å². The van der Waals surface area contributed by atoms with E-state index < -0.39 is 0 Å². The van der Waals surface area contributed by atoms with Crippen LogP contribution in [0.4, 0.5) is 5.69 Å². The normalized spacial score (nSPS) is 17.0. The molecule has 0 saturated carbocycles. The van der Waals surface area contributed by atoms with E-state index in [0.29, 0.717) is 11.5 Å². The number of benzene rings is 2. The van der Waals surface area contributed by atoms with E-state index in [1.165, 1.54) is 18.4 Å². The summed E-state index contributed by atoms with van der Waals surface area (Å²) < 4.78 is 0. The number of para-hydroxylation sites is 1. The van der Waals surface area contributed by atoms with E-state index in [1.54, 1.807) is 11.8 Å². The van der Waals surface area contributed by atoms with Gasteiger partial charge in [0.15, 0.2) is 0 Å². The zero-order chi connectivity index (χ0) is 16.1. The van der Waals surface area contributed by atoms with Crippen molar-refractivity contribution in [2.75, 3.05) is 24.7 Å². The van der Waals surface area contributed by atoms with E-state index in [4.69, 9.17) is 0 Å². The first-order chi connectivity index (χ1) is 11.3. The molecule has 1 heterocycles. The third-order valence-electron chi connectivity index (χ3n) is 4.30. The van der Waals surface area contributed by atoms with Gasteiger partial charge in [-0.15, -0.1) is 24.2 Å². The fourth-order valence-electron chi connectivity index (χ4n) is 3.02. The van der Waals surface area contributed by atoms with Crippen LogP contribution in [0.15, 0.2) is 53.4 Å². The summed E-state index contributed by atoms with van der Waals surface area (Å²) in [5.74, 6) is 0.424. The Balaban J connectivity index is 0.00000208. The van der Waals surface area contributed by atoms with Crippen molar-refractivity contribution in [3.8, 4) is 0 Å². The van der Waals surface area contributed by atoms with Gasteiger partial charge in [0, 0.05) is 22.7 Å². The van der Waals surface area contributed by atoms with Crippen LogP contribution in [-0.2, 0) is 0 Å². The lowest BCUT2D eigenvalue weighted by Crippen LogP contribution is -2.29. The number of piperidine rings is 1. The van der Waals surface area contributed by atoms with E-state index in [9.17, 15) is 4.79 Å². The fraction of sp³-hybridized carbons (Fsp3) is 0.316.